The maximum atomic E-state index is 11.6. The lowest BCUT2D eigenvalue weighted by Crippen LogP contribution is -2.33. The number of hydrogen-bond donors (Lipinski definition) is 3. The van der Waals surface area contributed by atoms with Crippen LogP contribution >= 0.6 is 0 Å². The van der Waals surface area contributed by atoms with E-state index in [1.54, 1.807) is 6.92 Å². The zero-order chi connectivity index (χ0) is 13.7. The summed E-state index contributed by atoms with van der Waals surface area (Å²) in [5, 5.41) is 7.32. The summed E-state index contributed by atoms with van der Waals surface area (Å²) in [4.78, 5) is 25.3. The third-order valence-corrected chi connectivity index (χ3v) is 2.39. The third kappa shape index (κ3) is 3.63. The minimum absolute atomic E-state index is 0.0945. The van der Waals surface area contributed by atoms with Crippen LogP contribution in [0.2, 0.25) is 0 Å². The van der Waals surface area contributed by atoms with Crippen LogP contribution < -0.4 is 16.4 Å². The number of aromatic nitrogens is 3. The average Bonchev–Trinajstić information content (AvgIpc) is 2.41. The number of hydrogen-bond acceptors (Lipinski definition) is 5. The van der Waals surface area contributed by atoms with E-state index in [0.717, 1.165) is 5.56 Å². The van der Waals surface area contributed by atoms with Gasteiger partial charge < -0.3 is 0 Å². The van der Waals surface area contributed by atoms with Gasteiger partial charge in [0.2, 0.25) is 11.9 Å². The number of amides is 1. The molecule has 0 aliphatic rings. The third-order valence-electron chi connectivity index (χ3n) is 2.39. The molecule has 0 atom stereocenters. The molecule has 7 nitrogen and oxygen atoms in total. The summed E-state index contributed by atoms with van der Waals surface area (Å²) in [7, 11) is 0. The van der Waals surface area contributed by atoms with E-state index >= 15 is 0 Å². The quantitative estimate of drug-likeness (QED) is 0.679. The van der Waals surface area contributed by atoms with Crippen molar-refractivity contribution in [1.29, 1.82) is 0 Å². The molecule has 3 N–H and O–H groups in total. The molecule has 0 aliphatic heterocycles. The van der Waals surface area contributed by atoms with Gasteiger partial charge in [0.05, 0.1) is 6.42 Å². The fourth-order valence-electron chi connectivity index (χ4n) is 1.40. The first kappa shape index (κ1) is 12.7. The van der Waals surface area contributed by atoms with Gasteiger partial charge in [0.1, 0.15) is 5.69 Å². The van der Waals surface area contributed by atoms with Crippen molar-refractivity contribution >= 4 is 11.9 Å². The maximum absolute atomic E-state index is 11.6. The van der Waals surface area contributed by atoms with Gasteiger partial charge in [0.15, 0.2) is 0 Å². The standard InChI is InChI=1S/C12H13N5O2/c1-8-11(19)13-12(16-14-8)17-15-10(18)7-9-5-3-2-4-6-9/h2-6H,7H2,1H3,(H,15,18)(H2,13,16,17,19). The Morgan fingerprint density at radius 2 is 2.00 bits per heavy atom. The molecule has 19 heavy (non-hydrogen) atoms. The van der Waals surface area contributed by atoms with Crippen molar-refractivity contribution in [2.24, 2.45) is 0 Å². The first-order valence-electron chi connectivity index (χ1n) is 5.67. The van der Waals surface area contributed by atoms with E-state index in [9.17, 15) is 9.59 Å². The Balaban J connectivity index is 1.90. The number of anilines is 1. The molecule has 1 aromatic carbocycles. The van der Waals surface area contributed by atoms with Gasteiger partial charge in [-0.05, 0) is 12.5 Å². The van der Waals surface area contributed by atoms with Crippen molar-refractivity contribution in [2.45, 2.75) is 13.3 Å². The number of rotatable bonds is 4. The number of nitrogens with one attached hydrogen (secondary N) is 3. The van der Waals surface area contributed by atoms with E-state index in [1.165, 1.54) is 0 Å². The van der Waals surface area contributed by atoms with E-state index < -0.39 is 0 Å². The molecule has 1 amide bonds. The van der Waals surface area contributed by atoms with Crippen LogP contribution in [-0.4, -0.2) is 21.1 Å². The summed E-state index contributed by atoms with van der Waals surface area (Å²) in [5.41, 5.74) is 5.74. The number of H-pyrrole nitrogens is 1. The Morgan fingerprint density at radius 1 is 1.26 bits per heavy atom. The highest BCUT2D eigenvalue weighted by Gasteiger charge is 2.04. The number of aromatic amines is 1. The van der Waals surface area contributed by atoms with E-state index in [-0.39, 0.29) is 29.5 Å². The fourth-order valence-corrected chi connectivity index (χ4v) is 1.40. The molecule has 1 heterocycles. The van der Waals surface area contributed by atoms with Gasteiger partial charge in [-0.3, -0.25) is 25.4 Å². The van der Waals surface area contributed by atoms with Crippen LogP contribution in [0.15, 0.2) is 35.1 Å². The molecule has 0 radical (unpaired) electrons. The Morgan fingerprint density at radius 3 is 2.68 bits per heavy atom. The predicted octanol–water partition coefficient (Wildman–Crippen LogP) is 0.159. The normalized spacial score (nSPS) is 9.95. The van der Waals surface area contributed by atoms with E-state index in [1.807, 2.05) is 30.3 Å². The highest BCUT2D eigenvalue weighted by Crippen LogP contribution is 1.99. The number of carbonyl (C=O) groups is 1. The summed E-state index contributed by atoms with van der Waals surface area (Å²) in [6.45, 7) is 1.55. The van der Waals surface area contributed by atoms with Gasteiger partial charge >= 0.3 is 0 Å². The lowest BCUT2D eigenvalue weighted by molar-refractivity contribution is -0.119. The van der Waals surface area contributed by atoms with Crippen LogP contribution in [0.4, 0.5) is 5.95 Å². The molecule has 2 aromatic rings. The molecular formula is C12H13N5O2. The highest BCUT2D eigenvalue weighted by molar-refractivity contribution is 5.79. The van der Waals surface area contributed by atoms with Crippen LogP contribution in [0, 0.1) is 6.92 Å². The van der Waals surface area contributed by atoms with Crippen LogP contribution in [0.25, 0.3) is 0 Å². The molecule has 98 valence electrons. The molecule has 0 aliphatic carbocycles. The maximum Gasteiger partial charge on any atom is 0.274 e. The Labute approximate surface area is 109 Å². The monoisotopic (exact) mass is 259 g/mol. The Kier molecular flexibility index (Phi) is 3.87. The second kappa shape index (κ2) is 5.76. The van der Waals surface area contributed by atoms with Crippen molar-refractivity contribution in [2.75, 3.05) is 5.43 Å². The van der Waals surface area contributed by atoms with Gasteiger partial charge in [0.25, 0.3) is 5.56 Å². The lowest BCUT2D eigenvalue weighted by atomic mass is 10.1. The smallest absolute Gasteiger partial charge is 0.274 e. The van der Waals surface area contributed by atoms with Gasteiger partial charge in [-0.25, -0.2) is 0 Å². The Hall–Kier alpha value is -2.70. The number of nitrogens with zero attached hydrogens (tertiary/aromatic N) is 2. The molecule has 2 rings (SSSR count). The number of carbonyl (C=O) groups excluding carboxylic acids is 1. The van der Waals surface area contributed by atoms with Crippen molar-refractivity contribution in [3.05, 3.63) is 51.9 Å². The summed E-state index contributed by atoms with van der Waals surface area (Å²) < 4.78 is 0. The van der Waals surface area contributed by atoms with Gasteiger partial charge in [-0.1, -0.05) is 30.3 Å². The summed E-state index contributed by atoms with van der Waals surface area (Å²) >= 11 is 0. The van der Waals surface area contributed by atoms with Crippen molar-refractivity contribution in [3.63, 3.8) is 0 Å². The largest absolute Gasteiger partial charge is 0.288 e. The first-order chi connectivity index (χ1) is 9.15. The van der Waals surface area contributed by atoms with Crippen molar-refractivity contribution in [3.8, 4) is 0 Å². The number of aryl methyl sites for hydroxylation is 1. The Bertz CT molecular complexity index is 624. The molecule has 0 saturated carbocycles. The number of hydrazine groups is 1. The second-order valence-corrected chi connectivity index (χ2v) is 3.92. The topological polar surface area (TPSA) is 99.8 Å². The highest BCUT2D eigenvalue weighted by atomic mass is 16.2. The summed E-state index contributed by atoms with van der Waals surface area (Å²) in [6, 6.07) is 9.31. The average molecular weight is 259 g/mol. The molecule has 0 saturated heterocycles. The van der Waals surface area contributed by atoms with Crippen molar-refractivity contribution in [1.82, 2.24) is 20.6 Å². The van der Waals surface area contributed by atoms with Crippen LogP contribution in [0.5, 0.6) is 0 Å². The summed E-state index contributed by atoms with van der Waals surface area (Å²) in [5.74, 6) is -0.147. The van der Waals surface area contributed by atoms with Crippen LogP contribution in [0.1, 0.15) is 11.3 Å². The minimum Gasteiger partial charge on any atom is -0.288 e. The molecule has 0 spiro atoms. The molecular weight excluding hydrogens is 246 g/mol. The van der Waals surface area contributed by atoms with E-state index in [0.29, 0.717) is 0 Å². The van der Waals surface area contributed by atoms with Gasteiger partial charge in [-0.2, -0.15) is 0 Å². The summed E-state index contributed by atoms with van der Waals surface area (Å²) in [6.07, 6.45) is 0.233. The van der Waals surface area contributed by atoms with Gasteiger partial charge in [-0.15, -0.1) is 10.2 Å². The lowest BCUT2D eigenvalue weighted by Gasteiger charge is -2.06. The fraction of sp³-hybridized carbons (Fsp3) is 0.167. The molecule has 7 heteroatoms. The zero-order valence-corrected chi connectivity index (χ0v) is 10.3. The number of benzene rings is 1. The minimum atomic E-state index is -0.352. The first-order valence-corrected chi connectivity index (χ1v) is 5.67. The van der Waals surface area contributed by atoms with Crippen LogP contribution in [0.3, 0.4) is 0 Å². The van der Waals surface area contributed by atoms with Crippen LogP contribution in [-0.2, 0) is 11.2 Å². The molecule has 0 bridgehead atoms. The van der Waals surface area contributed by atoms with E-state index in [4.69, 9.17) is 0 Å². The second-order valence-electron chi connectivity index (χ2n) is 3.92. The molecule has 0 unspecified atom stereocenters. The SMILES string of the molecule is Cc1nnc(NNC(=O)Cc2ccccc2)[nH]c1=O. The zero-order valence-electron chi connectivity index (χ0n) is 10.3. The molecule has 0 fully saturated rings. The van der Waals surface area contributed by atoms with Crippen molar-refractivity contribution < 1.29 is 4.79 Å². The molecule has 1 aromatic heterocycles. The predicted molar refractivity (Wildman–Crippen MR) is 69.3 cm³/mol. The van der Waals surface area contributed by atoms with Gasteiger partial charge in [0, 0.05) is 0 Å². The van der Waals surface area contributed by atoms with E-state index in [2.05, 4.69) is 26.0 Å².